The number of aromatic amines is 2. The summed E-state index contributed by atoms with van der Waals surface area (Å²) in [6.07, 6.45) is 1.16. The average molecular weight is 284 g/mol. The van der Waals surface area contributed by atoms with Crippen LogP contribution in [0.15, 0.2) is 17.2 Å². The SMILES string of the molecule is Cc1cc(NS(=O)(=O)c2cn[nH]c2C)c(C(=O)O)[nH]1. The minimum absolute atomic E-state index is 0.00870. The molecule has 0 spiro atoms. The molecule has 0 fully saturated rings. The molecular formula is C10H12N4O4S. The number of H-pyrrole nitrogens is 2. The maximum Gasteiger partial charge on any atom is 0.354 e. The molecule has 0 atom stereocenters. The molecule has 0 aliphatic rings. The minimum Gasteiger partial charge on any atom is -0.477 e. The smallest absolute Gasteiger partial charge is 0.354 e. The quantitative estimate of drug-likeness (QED) is 0.661. The summed E-state index contributed by atoms with van der Waals surface area (Å²) < 4.78 is 26.4. The average Bonchev–Trinajstić information content (AvgIpc) is 2.84. The van der Waals surface area contributed by atoms with Crippen molar-refractivity contribution in [2.24, 2.45) is 0 Å². The molecule has 9 heteroatoms. The zero-order valence-corrected chi connectivity index (χ0v) is 11.0. The number of sulfonamides is 1. The van der Waals surface area contributed by atoms with Crippen LogP contribution in [0.3, 0.4) is 0 Å². The van der Waals surface area contributed by atoms with Gasteiger partial charge in [0.1, 0.15) is 10.6 Å². The van der Waals surface area contributed by atoms with Gasteiger partial charge in [-0.3, -0.25) is 9.82 Å². The summed E-state index contributed by atoms with van der Waals surface area (Å²) >= 11 is 0. The van der Waals surface area contributed by atoms with Gasteiger partial charge in [-0.15, -0.1) is 0 Å². The van der Waals surface area contributed by atoms with Gasteiger partial charge in [0.15, 0.2) is 0 Å². The van der Waals surface area contributed by atoms with Gasteiger partial charge in [0.05, 0.1) is 17.6 Å². The lowest BCUT2D eigenvalue weighted by atomic mass is 10.4. The molecule has 8 nitrogen and oxygen atoms in total. The third kappa shape index (κ3) is 2.45. The van der Waals surface area contributed by atoms with Crippen LogP contribution in [0.25, 0.3) is 0 Å². The van der Waals surface area contributed by atoms with Crippen molar-refractivity contribution in [2.75, 3.05) is 4.72 Å². The van der Waals surface area contributed by atoms with Crippen LogP contribution >= 0.6 is 0 Å². The van der Waals surface area contributed by atoms with Crippen molar-refractivity contribution in [1.29, 1.82) is 0 Å². The highest BCUT2D eigenvalue weighted by Crippen LogP contribution is 2.22. The van der Waals surface area contributed by atoms with Crippen LogP contribution in [0.1, 0.15) is 21.9 Å². The molecule has 0 saturated heterocycles. The first-order valence-electron chi connectivity index (χ1n) is 5.27. The summed E-state index contributed by atoms with van der Waals surface area (Å²) in [5.41, 5.74) is 0.698. The molecule has 0 saturated carbocycles. The molecule has 0 aromatic carbocycles. The summed E-state index contributed by atoms with van der Waals surface area (Å²) in [5.74, 6) is -1.24. The Hall–Kier alpha value is -2.29. The molecule has 0 aliphatic heterocycles. The fraction of sp³-hybridized carbons (Fsp3) is 0.200. The van der Waals surface area contributed by atoms with E-state index in [1.54, 1.807) is 13.8 Å². The highest BCUT2D eigenvalue weighted by Gasteiger charge is 2.22. The van der Waals surface area contributed by atoms with Gasteiger partial charge in [-0.2, -0.15) is 5.10 Å². The van der Waals surface area contributed by atoms with E-state index in [0.29, 0.717) is 11.4 Å². The Labute approximate surface area is 108 Å². The number of carboxylic acid groups (broad SMARTS) is 1. The normalized spacial score (nSPS) is 11.5. The number of carboxylic acids is 1. The standard InChI is InChI=1S/C10H12N4O4S/c1-5-3-7(9(12-5)10(15)16)14-19(17,18)8-4-11-13-6(8)2/h3-4,12,14H,1-2H3,(H,11,13)(H,15,16). The fourth-order valence-electron chi connectivity index (χ4n) is 1.65. The number of carbonyl (C=O) groups is 1. The molecule has 2 heterocycles. The van der Waals surface area contributed by atoms with Crippen LogP contribution in [0.4, 0.5) is 5.69 Å². The molecule has 0 bridgehead atoms. The van der Waals surface area contributed by atoms with Gasteiger partial charge < -0.3 is 10.1 Å². The van der Waals surface area contributed by atoms with Crippen molar-refractivity contribution in [2.45, 2.75) is 18.7 Å². The minimum atomic E-state index is -3.87. The van der Waals surface area contributed by atoms with E-state index < -0.39 is 16.0 Å². The van der Waals surface area contributed by atoms with E-state index in [1.807, 2.05) is 0 Å². The van der Waals surface area contributed by atoms with E-state index >= 15 is 0 Å². The molecule has 19 heavy (non-hydrogen) atoms. The highest BCUT2D eigenvalue weighted by molar-refractivity contribution is 7.92. The number of nitrogens with zero attached hydrogens (tertiary/aromatic N) is 1. The van der Waals surface area contributed by atoms with Crippen molar-refractivity contribution >= 4 is 21.7 Å². The van der Waals surface area contributed by atoms with E-state index in [9.17, 15) is 13.2 Å². The van der Waals surface area contributed by atoms with Gasteiger partial charge in [-0.25, -0.2) is 13.2 Å². The van der Waals surface area contributed by atoms with Crippen LogP contribution in [-0.4, -0.2) is 34.7 Å². The Morgan fingerprint density at radius 1 is 1.42 bits per heavy atom. The molecule has 0 unspecified atom stereocenters. The first-order valence-corrected chi connectivity index (χ1v) is 6.75. The number of hydrogen-bond donors (Lipinski definition) is 4. The third-order valence-corrected chi connectivity index (χ3v) is 3.96. The zero-order valence-electron chi connectivity index (χ0n) is 10.2. The van der Waals surface area contributed by atoms with Crippen LogP contribution in [0.2, 0.25) is 0 Å². The molecule has 2 aromatic rings. The second-order valence-corrected chi connectivity index (χ2v) is 5.66. The first-order chi connectivity index (χ1) is 8.81. The monoisotopic (exact) mass is 284 g/mol. The van der Waals surface area contributed by atoms with E-state index in [1.165, 1.54) is 6.07 Å². The van der Waals surface area contributed by atoms with E-state index in [0.717, 1.165) is 6.20 Å². The Kier molecular flexibility index (Phi) is 3.06. The summed E-state index contributed by atoms with van der Waals surface area (Å²) in [6.45, 7) is 3.19. The van der Waals surface area contributed by atoms with Crippen LogP contribution in [-0.2, 0) is 10.0 Å². The zero-order chi connectivity index (χ0) is 14.2. The van der Waals surface area contributed by atoms with Crippen molar-refractivity contribution in [3.63, 3.8) is 0 Å². The molecule has 0 radical (unpaired) electrons. The molecule has 0 amide bonds. The largest absolute Gasteiger partial charge is 0.477 e. The van der Waals surface area contributed by atoms with Crippen molar-refractivity contribution in [1.82, 2.24) is 15.2 Å². The fourth-order valence-corrected chi connectivity index (χ4v) is 2.85. The van der Waals surface area contributed by atoms with E-state index in [-0.39, 0.29) is 16.3 Å². The number of rotatable bonds is 4. The summed E-state index contributed by atoms with van der Waals surface area (Å²) in [7, 11) is -3.87. The van der Waals surface area contributed by atoms with E-state index in [4.69, 9.17) is 5.11 Å². The predicted octanol–water partition coefficient (Wildman–Crippen LogP) is 0.854. The molecule has 0 aliphatic carbocycles. The Balaban J connectivity index is 2.42. The number of hydrogen-bond acceptors (Lipinski definition) is 4. The lowest BCUT2D eigenvalue weighted by Gasteiger charge is -2.06. The molecular weight excluding hydrogens is 272 g/mol. The molecule has 4 N–H and O–H groups in total. The number of aromatic nitrogens is 3. The van der Waals surface area contributed by atoms with Gasteiger partial charge in [0, 0.05) is 5.69 Å². The van der Waals surface area contributed by atoms with Crippen molar-refractivity contribution in [3.05, 3.63) is 29.3 Å². The second-order valence-electron chi connectivity index (χ2n) is 4.01. The van der Waals surface area contributed by atoms with Crippen molar-refractivity contribution < 1.29 is 18.3 Å². The van der Waals surface area contributed by atoms with Gasteiger partial charge in [0.25, 0.3) is 10.0 Å². The maximum atomic E-state index is 12.1. The van der Waals surface area contributed by atoms with Crippen LogP contribution < -0.4 is 4.72 Å². The summed E-state index contributed by atoms with van der Waals surface area (Å²) in [4.78, 5) is 13.5. The van der Waals surface area contributed by atoms with E-state index in [2.05, 4.69) is 19.9 Å². The van der Waals surface area contributed by atoms with Crippen LogP contribution in [0, 0.1) is 13.8 Å². The lowest BCUT2D eigenvalue weighted by molar-refractivity contribution is 0.0692. The number of aryl methyl sites for hydroxylation is 2. The topological polar surface area (TPSA) is 128 Å². The van der Waals surface area contributed by atoms with Crippen molar-refractivity contribution in [3.8, 4) is 0 Å². The molecule has 2 aromatic heterocycles. The van der Waals surface area contributed by atoms with Gasteiger partial charge in [0.2, 0.25) is 0 Å². The molecule has 2 rings (SSSR count). The summed E-state index contributed by atoms with van der Waals surface area (Å²) in [6, 6.07) is 1.41. The summed E-state index contributed by atoms with van der Waals surface area (Å²) in [5, 5.41) is 15.1. The number of nitrogens with one attached hydrogen (secondary N) is 3. The molecule has 102 valence electrons. The predicted molar refractivity (Wildman–Crippen MR) is 66.6 cm³/mol. The van der Waals surface area contributed by atoms with Gasteiger partial charge in [-0.1, -0.05) is 0 Å². The number of aromatic carboxylic acids is 1. The second kappa shape index (κ2) is 4.43. The first kappa shape index (κ1) is 13.1. The third-order valence-electron chi connectivity index (χ3n) is 2.48. The van der Waals surface area contributed by atoms with Crippen LogP contribution in [0.5, 0.6) is 0 Å². The Bertz CT molecular complexity index is 729. The lowest BCUT2D eigenvalue weighted by Crippen LogP contribution is -2.15. The highest BCUT2D eigenvalue weighted by atomic mass is 32.2. The Morgan fingerprint density at radius 2 is 2.11 bits per heavy atom. The maximum absolute atomic E-state index is 12.1. The number of anilines is 1. The van der Waals surface area contributed by atoms with Gasteiger partial charge >= 0.3 is 5.97 Å². The Morgan fingerprint density at radius 3 is 2.63 bits per heavy atom. The van der Waals surface area contributed by atoms with Gasteiger partial charge in [-0.05, 0) is 19.9 Å².